The lowest BCUT2D eigenvalue weighted by atomic mass is 10.1. The molecule has 0 aliphatic carbocycles. The molecule has 1 atom stereocenters. The van der Waals surface area contributed by atoms with E-state index in [1.807, 2.05) is 0 Å². The summed E-state index contributed by atoms with van der Waals surface area (Å²) < 4.78 is 0. The molecule has 2 nitrogen and oxygen atoms in total. The first-order valence-electron chi connectivity index (χ1n) is 5.39. The Balaban J connectivity index is 3.87. The maximum absolute atomic E-state index is 5.80. The number of nitrogens with zero attached hydrogens (tertiary/aromatic N) is 1. The Bertz CT molecular complexity index is 95.5. The van der Waals surface area contributed by atoms with Crippen molar-refractivity contribution in [2.75, 3.05) is 19.6 Å². The summed E-state index contributed by atoms with van der Waals surface area (Å²) in [6.07, 6.45) is 0. The molecular formula is C11H26N2. The Morgan fingerprint density at radius 2 is 1.23 bits per heavy atom. The van der Waals surface area contributed by atoms with Crippen molar-refractivity contribution in [3.05, 3.63) is 0 Å². The molecule has 0 spiro atoms. The predicted octanol–water partition coefficient (Wildman–Crippen LogP) is 1.95. The topological polar surface area (TPSA) is 29.3 Å². The van der Waals surface area contributed by atoms with Gasteiger partial charge in [0.05, 0.1) is 0 Å². The van der Waals surface area contributed by atoms with Gasteiger partial charge in [-0.3, -0.25) is 0 Å². The fourth-order valence-electron chi connectivity index (χ4n) is 1.66. The van der Waals surface area contributed by atoms with Crippen LogP contribution in [0, 0.1) is 11.8 Å². The van der Waals surface area contributed by atoms with Crippen LogP contribution in [-0.2, 0) is 0 Å². The van der Waals surface area contributed by atoms with Crippen molar-refractivity contribution in [1.82, 2.24) is 4.90 Å². The van der Waals surface area contributed by atoms with Gasteiger partial charge in [-0.1, -0.05) is 27.7 Å². The molecule has 80 valence electrons. The van der Waals surface area contributed by atoms with Gasteiger partial charge in [-0.15, -0.1) is 0 Å². The summed E-state index contributed by atoms with van der Waals surface area (Å²) in [5.74, 6) is 1.47. The predicted molar refractivity (Wildman–Crippen MR) is 59.8 cm³/mol. The largest absolute Gasteiger partial charge is 0.327 e. The summed E-state index contributed by atoms with van der Waals surface area (Å²) in [6.45, 7) is 14.5. The number of hydrogen-bond donors (Lipinski definition) is 1. The van der Waals surface area contributed by atoms with E-state index in [-0.39, 0.29) is 6.04 Å². The molecule has 0 aliphatic heterocycles. The van der Waals surface area contributed by atoms with Gasteiger partial charge in [-0.05, 0) is 18.8 Å². The fourth-order valence-corrected chi connectivity index (χ4v) is 1.66. The lowest BCUT2D eigenvalue weighted by Crippen LogP contribution is -2.39. The van der Waals surface area contributed by atoms with E-state index in [1.165, 1.54) is 13.1 Å². The van der Waals surface area contributed by atoms with Crippen LogP contribution in [0.5, 0.6) is 0 Å². The summed E-state index contributed by atoms with van der Waals surface area (Å²) in [5.41, 5.74) is 5.80. The van der Waals surface area contributed by atoms with E-state index < -0.39 is 0 Å². The third-order valence-corrected chi connectivity index (χ3v) is 1.79. The van der Waals surface area contributed by atoms with E-state index in [1.54, 1.807) is 0 Å². The molecule has 0 fully saturated rings. The zero-order valence-corrected chi connectivity index (χ0v) is 9.88. The minimum Gasteiger partial charge on any atom is -0.327 e. The average molecular weight is 186 g/mol. The van der Waals surface area contributed by atoms with Crippen molar-refractivity contribution in [2.45, 2.75) is 40.7 Å². The third kappa shape index (κ3) is 8.26. The molecule has 0 aromatic rings. The standard InChI is InChI=1S/C11H26N2/c1-9(2)6-13(7-10(3)4)8-11(5)12/h9-11H,6-8,12H2,1-5H3. The highest BCUT2D eigenvalue weighted by Crippen LogP contribution is 2.03. The molecule has 0 aromatic carbocycles. The zero-order valence-electron chi connectivity index (χ0n) is 9.88. The lowest BCUT2D eigenvalue weighted by molar-refractivity contribution is 0.210. The van der Waals surface area contributed by atoms with E-state index >= 15 is 0 Å². The van der Waals surface area contributed by atoms with E-state index in [4.69, 9.17) is 5.73 Å². The van der Waals surface area contributed by atoms with Gasteiger partial charge in [-0.2, -0.15) is 0 Å². The molecule has 0 aromatic heterocycles. The molecule has 0 aliphatic rings. The Kier molecular flexibility index (Phi) is 6.35. The van der Waals surface area contributed by atoms with Crippen molar-refractivity contribution in [1.29, 1.82) is 0 Å². The second-order valence-corrected chi connectivity index (χ2v) is 4.98. The minimum atomic E-state index is 0.289. The average Bonchev–Trinajstić information content (AvgIpc) is 1.80. The van der Waals surface area contributed by atoms with Gasteiger partial charge in [-0.25, -0.2) is 0 Å². The summed E-state index contributed by atoms with van der Waals surface area (Å²) in [5, 5.41) is 0. The summed E-state index contributed by atoms with van der Waals surface area (Å²) in [6, 6.07) is 0.289. The van der Waals surface area contributed by atoms with Crippen molar-refractivity contribution in [3.63, 3.8) is 0 Å². The Morgan fingerprint density at radius 3 is 1.46 bits per heavy atom. The van der Waals surface area contributed by atoms with Crippen LogP contribution >= 0.6 is 0 Å². The first kappa shape index (κ1) is 12.9. The smallest absolute Gasteiger partial charge is 0.0139 e. The molecule has 0 amide bonds. The summed E-state index contributed by atoms with van der Waals surface area (Å²) >= 11 is 0. The van der Waals surface area contributed by atoms with E-state index in [0.717, 1.165) is 18.4 Å². The first-order valence-corrected chi connectivity index (χ1v) is 5.39. The molecule has 13 heavy (non-hydrogen) atoms. The molecule has 0 rings (SSSR count). The van der Waals surface area contributed by atoms with Crippen molar-refractivity contribution in [2.24, 2.45) is 17.6 Å². The highest BCUT2D eigenvalue weighted by atomic mass is 15.1. The lowest BCUT2D eigenvalue weighted by Gasteiger charge is -2.27. The highest BCUT2D eigenvalue weighted by Gasteiger charge is 2.10. The van der Waals surface area contributed by atoms with Crippen LogP contribution < -0.4 is 5.73 Å². The van der Waals surface area contributed by atoms with Crippen LogP contribution in [0.4, 0.5) is 0 Å². The van der Waals surface area contributed by atoms with Gasteiger partial charge in [0.2, 0.25) is 0 Å². The van der Waals surface area contributed by atoms with Crippen molar-refractivity contribution in [3.8, 4) is 0 Å². The Hall–Kier alpha value is -0.0800. The van der Waals surface area contributed by atoms with E-state index in [9.17, 15) is 0 Å². The normalized spacial score (nSPS) is 14.5. The maximum atomic E-state index is 5.80. The number of nitrogens with two attached hydrogens (primary N) is 1. The van der Waals surface area contributed by atoms with Crippen LogP contribution in [0.2, 0.25) is 0 Å². The molecule has 0 radical (unpaired) electrons. The molecule has 2 heteroatoms. The van der Waals surface area contributed by atoms with Gasteiger partial charge in [0, 0.05) is 25.7 Å². The SMILES string of the molecule is CC(C)CN(CC(C)C)CC(C)N. The van der Waals surface area contributed by atoms with Gasteiger partial charge < -0.3 is 10.6 Å². The van der Waals surface area contributed by atoms with Crippen LogP contribution in [0.15, 0.2) is 0 Å². The minimum absolute atomic E-state index is 0.289. The summed E-state index contributed by atoms with van der Waals surface area (Å²) in [7, 11) is 0. The van der Waals surface area contributed by atoms with E-state index in [2.05, 4.69) is 39.5 Å². The fraction of sp³-hybridized carbons (Fsp3) is 1.00. The highest BCUT2D eigenvalue weighted by molar-refractivity contribution is 4.67. The van der Waals surface area contributed by atoms with Gasteiger partial charge in [0.15, 0.2) is 0 Å². The summed E-state index contributed by atoms with van der Waals surface area (Å²) in [4.78, 5) is 2.47. The molecule has 0 heterocycles. The Labute approximate surface area is 83.5 Å². The zero-order chi connectivity index (χ0) is 10.4. The quantitative estimate of drug-likeness (QED) is 0.687. The van der Waals surface area contributed by atoms with Crippen LogP contribution in [0.1, 0.15) is 34.6 Å². The molecular weight excluding hydrogens is 160 g/mol. The van der Waals surface area contributed by atoms with Gasteiger partial charge in [0.1, 0.15) is 0 Å². The van der Waals surface area contributed by atoms with Crippen molar-refractivity contribution >= 4 is 0 Å². The molecule has 2 N–H and O–H groups in total. The maximum Gasteiger partial charge on any atom is 0.0139 e. The van der Waals surface area contributed by atoms with Crippen LogP contribution in [0.3, 0.4) is 0 Å². The Morgan fingerprint density at radius 1 is 0.846 bits per heavy atom. The number of rotatable bonds is 6. The third-order valence-electron chi connectivity index (χ3n) is 1.79. The van der Waals surface area contributed by atoms with Crippen LogP contribution in [0.25, 0.3) is 0 Å². The van der Waals surface area contributed by atoms with Crippen LogP contribution in [-0.4, -0.2) is 30.6 Å². The first-order chi connectivity index (χ1) is 5.91. The van der Waals surface area contributed by atoms with Gasteiger partial charge >= 0.3 is 0 Å². The molecule has 0 saturated carbocycles. The van der Waals surface area contributed by atoms with Crippen molar-refractivity contribution < 1.29 is 0 Å². The second-order valence-electron chi connectivity index (χ2n) is 4.98. The molecule has 1 unspecified atom stereocenters. The second kappa shape index (κ2) is 6.39. The molecule has 0 bridgehead atoms. The molecule has 0 saturated heterocycles. The van der Waals surface area contributed by atoms with Gasteiger partial charge in [0.25, 0.3) is 0 Å². The number of hydrogen-bond acceptors (Lipinski definition) is 2. The van der Waals surface area contributed by atoms with E-state index in [0.29, 0.717) is 0 Å². The monoisotopic (exact) mass is 186 g/mol.